The van der Waals surface area contributed by atoms with Crippen molar-refractivity contribution >= 4 is 25.7 Å². The van der Waals surface area contributed by atoms with Crippen LogP contribution in [0.25, 0.3) is 0 Å². The molecule has 0 saturated carbocycles. The molecule has 1 rings (SSSR count). The summed E-state index contributed by atoms with van der Waals surface area (Å²) in [5.41, 5.74) is -0.380. The second-order valence-corrected chi connectivity index (χ2v) is 4.65. The van der Waals surface area contributed by atoms with E-state index in [0.29, 0.717) is 21.1 Å². The van der Waals surface area contributed by atoms with Gasteiger partial charge in [-0.3, -0.25) is 0 Å². The van der Waals surface area contributed by atoms with Crippen molar-refractivity contribution in [3.63, 3.8) is 0 Å². The van der Waals surface area contributed by atoms with Gasteiger partial charge < -0.3 is 0 Å². The molecular formula is C7H15NO3P3+. The van der Waals surface area contributed by atoms with Crippen molar-refractivity contribution in [1.82, 2.24) is 5.32 Å². The van der Waals surface area contributed by atoms with E-state index in [1.807, 2.05) is 6.92 Å². The summed E-state index contributed by atoms with van der Waals surface area (Å²) < 4.78 is 16.2. The molecule has 0 amide bonds. The van der Waals surface area contributed by atoms with Gasteiger partial charge in [0.05, 0.1) is 0 Å². The summed E-state index contributed by atoms with van der Waals surface area (Å²) >= 11 is 0. The van der Waals surface area contributed by atoms with Gasteiger partial charge >= 0.3 is 89.8 Å². The van der Waals surface area contributed by atoms with E-state index in [4.69, 9.17) is 13.8 Å². The van der Waals surface area contributed by atoms with Crippen molar-refractivity contribution in [3.8, 4) is 0 Å². The molecule has 80 valence electrons. The van der Waals surface area contributed by atoms with E-state index >= 15 is 0 Å². The van der Waals surface area contributed by atoms with Crippen LogP contribution in [-0.4, -0.2) is 38.0 Å². The van der Waals surface area contributed by atoms with E-state index in [1.165, 1.54) is 0 Å². The summed E-state index contributed by atoms with van der Waals surface area (Å²) in [5, 5.41) is 3.30. The summed E-state index contributed by atoms with van der Waals surface area (Å²) in [5.74, 6) is 0. The molecule has 0 aliphatic carbocycles. The van der Waals surface area contributed by atoms with E-state index in [-0.39, 0.29) is 11.7 Å². The van der Waals surface area contributed by atoms with Crippen molar-refractivity contribution in [1.29, 1.82) is 0 Å². The van der Waals surface area contributed by atoms with Crippen LogP contribution >= 0.6 is 25.7 Å². The van der Waals surface area contributed by atoms with Crippen molar-refractivity contribution in [2.75, 3.05) is 26.3 Å². The number of ether oxygens (including phenoxy) is 1. The first kappa shape index (κ1) is 13.2. The number of nitrogens with one attached hydrogen (secondary N) is 1. The van der Waals surface area contributed by atoms with E-state index in [1.54, 1.807) is 0 Å². The van der Waals surface area contributed by atoms with Crippen molar-refractivity contribution in [2.45, 2.75) is 18.6 Å². The molecular weight excluding hydrogens is 239 g/mol. The number of hydrogen-bond acceptors (Lipinski definition) is 4. The van der Waals surface area contributed by atoms with Gasteiger partial charge in [-0.05, 0) is 0 Å². The van der Waals surface area contributed by atoms with E-state index in [2.05, 4.69) is 23.1 Å². The Hall–Kier alpha value is 1.13. The first-order valence-electron chi connectivity index (χ1n) is 4.39. The molecule has 1 heterocycles. The third kappa shape index (κ3) is 3.94. The van der Waals surface area contributed by atoms with Gasteiger partial charge in [0.15, 0.2) is 0 Å². The normalized spacial score (nSPS) is 32.8. The van der Waals surface area contributed by atoms with Crippen LogP contribution in [0.2, 0.25) is 0 Å². The fourth-order valence-corrected chi connectivity index (χ4v) is 2.29. The van der Waals surface area contributed by atoms with Crippen LogP contribution in [0.4, 0.5) is 0 Å². The molecule has 0 spiro atoms. The zero-order chi connectivity index (χ0) is 10.4. The van der Waals surface area contributed by atoms with Gasteiger partial charge in [-0.1, -0.05) is 0 Å². The predicted octanol–water partition coefficient (Wildman–Crippen LogP) is 1.74. The van der Waals surface area contributed by atoms with E-state index < -0.39 is 0 Å². The van der Waals surface area contributed by atoms with Gasteiger partial charge in [0, 0.05) is 0 Å². The van der Waals surface area contributed by atoms with Gasteiger partial charge in [-0.2, -0.15) is 0 Å². The van der Waals surface area contributed by atoms with Crippen molar-refractivity contribution in [2.24, 2.45) is 0 Å². The second-order valence-electron chi connectivity index (χ2n) is 3.41. The average molecular weight is 254 g/mol. The molecule has 0 bridgehead atoms. The molecule has 3 atom stereocenters. The summed E-state index contributed by atoms with van der Waals surface area (Å²) in [6, 6.07) is 0. The number of rotatable bonds is 4. The minimum atomic E-state index is -0.380. The van der Waals surface area contributed by atoms with Crippen LogP contribution in [-0.2, 0) is 13.8 Å². The Morgan fingerprint density at radius 2 is 2.50 bits per heavy atom. The molecule has 1 fully saturated rings. The fraction of sp³-hybridized carbons (Fsp3) is 1.00. The Morgan fingerprint density at radius 3 is 3.07 bits per heavy atom. The second kappa shape index (κ2) is 6.66. The van der Waals surface area contributed by atoms with Gasteiger partial charge in [0.25, 0.3) is 0 Å². The standard InChI is InChI=1S/C7H15NO3P3/c1-6-2-8-3-7(11-6,4-9-12)5-10-14-13/h6,8H,2-5,12H2,1H3/q+1. The fourth-order valence-electron chi connectivity index (χ4n) is 1.52. The maximum atomic E-state index is 5.85. The summed E-state index contributed by atoms with van der Waals surface area (Å²) in [6.45, 7) is 4.64. The summed E-state index contributed by atoms with van der Waals surface area (Å²) in [7, 11) is 6.83. The SMILES string of the molecule is CC1CNCC(COP)(CO[P+]#P)O1. The van der Waals surface area contributed by atoms with Crippen LogP contribution in [0.5, 0.6) is 0 Å². The maximum absolute atomic E-state index is 5.85. The Kier molecular flexibility index (Phi) is 6.27. The number of morpholine rings is 1. The average Bonchev–Trinajstić information content (AvgIpc) is 2.15. The molecule has 1 saturated heterocycles. The minimum absolute atomic E-state index is 0.184. The first-order chi connectivity index (χ1) is 6.72. The summed E-state index contributed by atoms with van der Waals surface area (Å²) in [6.07, 6.45) is 0.184. The van der Waals surface area contributed by atoms with Crippen LogP contribution in [0, 0.1) is 0 Å². The van der Waals surface area contributed by atoms with Crippen molar-refractivity contribution in [3.05, 3.63) is 0 Å². The molecule has 0 aromatic carbocycles. The van der Waals surface area contributed by atoms with Gasteiger partial charge in [0.2, 0.25) is 0 Å². The molecule has 0 aromatic heterocycles. The van der Waals surface area contributed by atoms with Crippen LogP contribution in [0.15, 0.2) is 0 Å². The molecule has 1 aliphatic heterocycles. The van der Waals surface area contributed by atoms with E-state index in [0.717, 1.165) is 13.1 Å². The third-order valence-electron chi connectivity index (χ3n) is 2.06. The van der Waals surface area contributed by atoms with Gasteiger partial charge in [-0.25, -0.2) is 0 Å². The topological polar surface area (TPSA) is 39.7 Å². The van der Waals surface area contributed by atoms with Crippen molar-refractivity contribution < 1.29 is 13.8 Å². The van der Waals surface area contributed by atoms with Crippen LogP contribution < -0.4 is 5.32 Å². The third-order valence-corrected chi connectivity index (χ3v) is 2.82. The summed E-state index contributed by atoms with van der Waals surface area (Å²) in [4.78, 5) is 0. The molecule has 14 heavy (non-hydrogen) atoms. The van der Waals surface area contributed by atoms with E-state index in [9.17, 15) is 0 Å². The molecule has 1 N–H and O–H groups in total. The monoisotopic (exact) mass is 254 g/mol. The molecule has 0 radical (unpaired) electrons. The van der Waals surface area contributed by atoms with Crippen LogP contribution in [0.3, 0.4) is 0 Å². The number of hydrogen-bond donors (Lipinski definition) is 1. The molecule has 7 heteroatoms. The Bertz CT molecular complexity index is 219. The molecule has 3 unspecified atom stereocenters. The molecule has 0 aromatic rings. The Morgan fingerprint density at radius 1 is 1.71 bits per heavy atom. The Balaban J connectivity index is 2.55. The zero-order valence-corrected chi connectivity index (χ0v) is 11.0. The quantitative estimate of drug-likeness (QED) is 0.776. The van der Waals surface area contributed by atoms with Crippen LogP contribution in [0.1, 0.15) is 6.92 Å². The molecule has 4 nitrogen and oxygen atoms in total. The van der Waals surface area contributed by atoms with Gasteiger partial charge in [-0.15, -0.1) is 0 Å². The first-order valence-corrected chi connectivity index (χ1v) is 6.83. The predicted molar refractivity (Wildman–Crippen MR) is 61.6 cm³/mol. The Labute approximate surface area is 90.3 Å². The molecule has 1 aliphatic rings. The van der Waals surface area contributed by atoms with Gasteiger partial charge in [0.1, 0.15) is 0 Å². The zero-order valence-electron chi connectivity index (χ0n) is 8.10.